The summed E-state index contributed by atoms with van der Waals surface area (Å²) in [6, 6.07) is 1.44. The van der Waals surface area contributed by atoms with E-state index in [2.05, 4.69) is 4.72 Å². The summed E-state index contributed by atoms with van der Waals surface area (Å²) >= 11 is 1.10. The van der Waals surface area contributed by atoms with Crippen LogP contribution in [0.15, 0.2) is 15.7 Å². The Morgan fingerprint density at radius 3 is 2.69 bits per heavy atom. The van der Waals surface area contributed by atoms with E-state index in [0.717, 1.165) is 24.2 Å². The first kappa shape index (κ1) is 11.8. The fourth-order valence-corrected chi connectivity index (χ4v) is 3.64. The number of sulfonamides is 1. The third-order valence-corrected chi connectivity index (χ3v) is 5.65. The van der Waals surface area contributed by atoms with Crippen LogP contribution in [0.3, 0.4) is 0 Å². The molecule has 1 saturated carbocycles. The van der Waals surface area contributed by atoms with Gasteiger partial charge in [0.05, 0.1) is 0 Å². The molecule has 0 saturated heterocycles. The molecule has 1 aromatic rings. The molecule has 16 heavy (non-hydrogen) atoms. The van der Waals surface area contributed by atoms with Gasteiger partial charge in [0.15, 0.2) is 0 Å². The highest BCUT2D eigenvalue weighted by Gasteiger charge is 2.42. The van der Waals surface area contributed by atoms with Gasteiger partial charge in [0.25, 0.3) is 0 Å². The quantitative estimate of drug-likeness (QED) is 0.715. The number of hydrogen-bond acceptors (Lipinski definition) is 5. The van der Waals surface area contributed by atoms with E-state index in [9.17, 15) is 8.42 Å². The number of nitrogen functional groups attached to an aromatic ring is 1. The SMILES string of the molecule is Nc1csc(S(=O)(=O)NCC2(CO)CC2)c1. The van der Waals surface area contributed by atoms with Crippen LogP contribution in [0.1, 0.15) is 12.8 Å². The van der Waals surface area contributed by atoms with Crippen LogP contribution >= 0.6 is 11.3 Å². The van der Waals surface area contributed by atoms with Crippen molar-refractivity contribution in [2.24, 2.45) is 5.41 Å². The van der Waals surface area contributed by atoms with E-state index in [4.69, 9.17) is 10.8 Å². The number of aliphatic hydroxyl groups excluding tert-OH is 1. The molecule has 0 spiro atoms. The van der Waals surface area contributed by atoms with Crippen LogP contribution in [0, 0.1) is 5.41 Å². The highest BCUT2D eigenvalue weighted by Crippen LogP contribution is 2.44. The largest absolute Gasteiger partial charge is 0.398 e. The first-order valence-electron chi connectivity index (χ1n) is 4.92. The first-order chi connectivity index (χ1) is 7.47. The molecule has 1 aliphatic rings. The number of anilines is 1. The standard InChI is InChI=1S/C9H14N2O3S2/c10-7-3-8(15-4-7)16(13,14)11-5-9(6-12)1-2-9/h3-4,11-12H,1-2,5-6,10H2. The van der Waals surface area contributed by atoms with Crippen molar-refractivity contribution in [2.75, 3.05) is 18.9 Å². The van der Waals surface area contributed by atoms with Crippen molar-refractivity contribution < 1.29 is 13.5 Å². The van der Waals surface area contributed by atoms with E-state index in [1.54, 1.807) is 5.38 Å². The van der Waals surface area contributed by atoms with E-state index >= 15 is 0 Å². The van der Waals surface area contributed by atoms with Crippen molar-refractivity contribution in [3.63, 3.8) is 0 Å². The maximum Gasteiger partial charge on any atom is 0.250 e. The molecule has 1 fully saturated rings. The van der Waals surface area contributed by atoms with E-state index in [0.29, 0.717) is 12.2 Å². The summed E-state index contributed by atoms with van der Waals surface area (Å²) in [6.45, 7) is 0.325. The van der Waals surface area contributed by atoms with E-state index < -0.39 is 10.0 Å². The van der Waals surface area contributed by atoms with E-state index in [1.165, 1.54) is 6.07 Å². The number of thiophene rings is 1. The third-order valence-electron chi connectivity index (χ3n) is 2.79. The molecule has 90 valence electrons. The molecule has 0 aliphatic heterocycles. The molecule has 0 aromatic carbocycles. The monoisotopic (exact) mass is 262 g/mol. The summed E-state index contributed by atoms with van der Waals surface area (Å²) in [5, 5.41) is 10.7. The van der Waals surface area contributed by atoms with Gasteiger partial charge in [0.2, 0.25) is 10.0 Å². The summed E-state index contributed by atoms with van der Waals surface area (Å²) in [4.78, 5) is 0. The Hall–Kier alpha value is -0.630. The van der Waals surface area contributed by atoms with Crippen molar-refractivity contribution in [2.45, 2.75) is 17.1 Å². The predicted molar refractivity (Wildman–Crippen MR) is 62.7 cm³/mol. The van der Waals surface area contributed by atoms with Gasteiger partial charge in [-0.25, -0.2) is 13.1 Å². The topological polar surface area (TPSA) is 92.4 Å². The number of rotatable bonds is 5. The van der Waals surface area contributed by atoms with Gasteiger partial charge in [-0.05, 0) is 18.9 Å². The highest BCUT2D eigenvalue weighted by molar-refractivity contribution is 7.91. The smallest absolute Gasteiger partial charge is 0.250 e. The first-order valence-corrected chi connectivity index (χ1v) is 7.28. The summed E-state index contributed by atoms with van der Waals surface area (Å²) in [5.41, 5.74) is 5.70. The summed E-state index contributed by atoms with van der Waals surface area (Å²) in [7, 11) is -3.47. The zero-order chi connectivity index (χ0) is 11.8. The van der Waals surface area contributed by atoms with Crippen LogP contribution in [0.5, 0.6) is 0 Å². The molecule has 0 unspecified atom stereocenters. The van der Waals surface area contributed by atoms with Crippen molar-refractivity contribution in [3.8, 4) is 0 Å². The van der Waals surface area contributed by atoms with Gasteiger partial charge in [0, 0.05) is 29.6 Å². The van der Waals surface area contributed by atoms with Gasteiger partial charge in [-0.2, -0.15) is 0 Å². The molecule has 5 nitrogen and oxygen atoms in total. The van der Waals surface area contributed by atoms with Crippen LogP contribution in [0.25, 0.3) is 0 Å². The Bertz CT molecular complexity index is 477. The minimum absolute atomic E-state index is 0.0299. The Labute approximate surface area is 98.3 Å². The fourth-order valence-electron chi connectivity index (χ4n) is 1.36. The van der Waals surface area contributed by atoms with Crippen molar-refractivity contribution in [3.05, 3.63) is 11.4 Å². The van der Waals surface area contributed by atoms with Gasteiger partial charge in [0.1, 0.15) is 4.21 Å². The van der Waals surface area contributed by atoms with Gasteiger partial charge >= 0.3 is 0 Å². The summed E-state index contributed by atoms with van der Waals surface area (Å²) in [5.74, 6) is 0. The second-order valence-corrected chi connectivity index (χ2v) is 7.09. The lowest BCUT2D eigenvalue weighted by Gasteiger charge is -2.11. The average Bonchev–Trinajstić information content (AvgIpc) is 2.91. The van der Waals surface area contributed by atoms with Crippen molar-refractivity contribution in [1.82, 2.24) is 4.72 Å². The molecule has 7 heteroatoms. The molecular weight excluding hydrogens is 248 g/mol. The lowest BCUT2D eigenvalue weighted by Crippen LogP contribution is -2.31. The van der Waals surface area contributed by atoms with Crippen molar-refractivity contribution in [1.29, 1.82) is 0 Å². The minimum Gasteiger partial charge on any atom is -0.398 e. The fraction of sp³-hybridized carbons (Fsp3) is 0.556. The lowest BCUT2D eigenvalue weighted by atomic mass is 10.1. The second-order valence-electron chi connectivity index (χ2n) is 4.18. The van der Waals surface area contributed by atoms with Crippen LogP contribution in [0.4, 0.5) is 5.69 Å². The summed E-state index contributed by atoms with van der Waals surface area (Å²) < 4.78 is 26.3. The van der Waals surface area contributed by atoms with Crippen LogP contribution in [-0.4, -0.2) is 26.7 Å². The van der Waals surface area contributed by atoms with E-state index in [1.807, 2.05) is 0 Å². The Morgan fingerprint density at radius 2 is 2.25 bits per heavy atom. The minimum atomic E-state index is -3.47. The maximum absolute atomic E-state index is 11.8. The molecule has 0 amide bonds. The van der Waals surface area contributed by atoms with Crippen LogP contribution in [-0.2, 0) is 10.0 Å². The number of nitrogens with two attached hydrogens (primary N) is 1. The van der Waals surface area contributed by atoms with E-state index in [-0.39, 0.29) is 16.2 Å². The molecule has 1 aliphatic carbocycles. The zero-order valence-electron chi connectivity index (χ0n) is 8.64. The normalized spacial score (nSPS) is 18.6. The number of aliphatic hydroxyl groups is 1. The molecule has 4 N–H and O–H groups in total. The van der Waals surface area contributed by atoms with Crippen LogP contribution in [0.2, 0.25) is 0 Å². The second kappa shape index (κ2) is 3.99. The third kappa shape index (κ3) is 2.37. The Morgan fingerprint density at radius 1 is 1.56 bits per heavy atom. The molecule has 0 atom stereocenters. The lowest BCUT2D eigenvalue weighted by molar-refractivity contribution is 0.213. The maximum atomic E-state index is 11.8. The molecule has 1 heterocycles. The van der Waals surface area contributed by atoms with Crippen molar-refractivity contribution >= 4 is 27.0 Å². The van der Waals surface area contributed by atoms with Gasteiger partial charge in [-0.3, -0.25) is 0 Å². The zero-order valence-corrected chi connectivity index (χ0v) is 10.3. The number of hydrogen-bond donors (Lipinski definition) is 3. The van der Waals surface area contributed by atoms with Gasteiger partial charge in [-0.15, -0.1) is 11.3 Å². The predicted octanol–water partition coefficient (Wildman–Crippen LogP) is 0.381. The Kier molecular flexibility index (Phi) is 2.95. The number of nitrogens with one attached hydrogen (secondary N) is 1. The average molecular weight is 262 g/mol. The molecule has 1 aromatic heterocycles. The highest BCUT2D eigenvalue weighted by atomic mass is 32.2. The molecule has 2 rings (SSSR count). The summed E-state index contributed by atoms with van der Waals surface area (Å²) in [6.07, 6.45) is 1.75. The van der Waals surface area contributed by atoms with Crippen LogP contribution < -0.4 is 10.5 Å². The molecule has 0 bridgehead atoms. The van der Waals surface area contributed by atoms with Gasteiger partial charge in [-0.1, -0.05) is 0 Å². The Balaban J connectivity index is 2.04. The molecular formula is C9H14N2O3S2. The molecule has 0 radical (unpaired) electrons. The van der Waals surface area contributed by atoms with Gasteiger partial charge < -0.3 is 10.8 Å².